The number of aliphatic hydroxyl groups is 1. The Kier molecular flexibility index (Phi) is 8.70. The van der Waals surface area contributed by atoms with Gasteiger partial charge >= 0.3 is 0 Å². The molecule has 2 amide bonds. The number of hydrogen-bond acceptors (Lipinski definition) is 6. The van der Waals surface area contributed by atoms with Crippen LogP contribution in [0.1, 0.15) is 61.4 Å². The van der Waals surface area contributed by atoms with Gasteiger partial charge in [0.1, 0.15) is 6.23 Å². The molecular formula is C27H35N3O4S. The largest absolute Gasteiger partial charge is 0.371 e. The maximum Gasteiger partial charge on any atom is 0.242 e. The van der Waals surface area contributed by atoms with Gasteiger partial charge in [-0.05, 0) is 55.2 Å². The first-order valence-electron chi connectivity index (χ1n) is 12.4. The summed E-state index contributed by atoms with van der Waals surface area (Å²) in [7, 11) is 0. The van der Waals surface area contributed by atoms with Crippen LogP contribution in [0, 0.1) is 0 Å². The van der Waals surface area contributed by atoms with E-state index in [0.29, 0.717) is 12.8 Å². The molecule has 2 aliphatic heterocycles. The summed E-state index contributed by atoms with van der Waals surface area (Å²) in [6.45, 7) is 3.03. The quantitative estimate of drug-likeness (QED) is 0.477. The number of rotatable bonds is 8. The first-order chi connectivity index (χ1) is 17.0. The molecule has 0 bridgehead atoms. The molecule has 188 valence electrons. The molecule has 2 aliphatic rings. The third-order valence-electron chi connectivity index (χ3n) is 6.76. The number of nitrogens with zero attached hydrogens (tertiary/aromatic N) is 1. The molecule has 0 saturated carbocycles. The van der Waals surface area contributed by atoms with Gasteiger partial charge in [0.15, 0.2) is 0 Å². The van der Waals surface area contributed by atoms with Gasteiger partial charge in [-0.2, -0.15) is 0 Å². The zero-order chi connectivity index (χ0) is 24.8. The second-order valence-corrected chi connectivity index (χ2v) is 9.92. The highest BCUT2D eigenvalue weighted by molar-refractivity contribution is 7.98. The topological polar surface area (TPSA) is 90.9 Å². The van der Waals surface area contributed by atoms with Gasteiger partial charge in [0.25, 0.3) is 0 Å². The van der Waals surface area contributed by atoms with Crippen LogP contribution in [0.5, 0.6) is 0 Å². The predicted molar refractivity (Wildman–Crippen MR) is 138 cm³/mol. The molecule has 1 fully saturated rings. The van der Waals surface area contributed by atoms with Gasteiger partial charge in [-0.3, -0.25) is 9.59 Å². The monoisotopic (exact) mass is 497 g/mol. The Morgan fingerprint density at radius 2 is 2.06 bits per heavy atom. The fourth-order valence-corrected chi connectivity index (χ4v) is 5.63. The van der Waals surface area contributed by atoms with Crippen molar-refractivity contribution < 1.29 is 19.4 Å². The Hall–Kier alpha value is -2.55. The molecule has 1 saturated heterocycles. The maximum atomic E-state index is 13.0. The molecule has 4 rings (SSSR count). The Balaban J connectivity index is 1.31. The molecule has 0 unspecified atom stereocenters. The molecule has 3 N–H and O–H groups in total. The summed E-state index contributed by atoms with van der Waals surface area (Å²) in [4.78, 5) is 28.6. The number of carbonyl (C=O) groups is 2. The SMILES string of the molecule is CC[C@@H]1OC[C@@H](O)Nc2ccc(CCC(=O)NCC(=O)N3CCC[C@@H]3c3ccccc3SC)cc21. The van der Waals surface area contributed by atoms with Crippen molar-refractivity contribution in [3.8, 4) is 0 Å². The van der Waals surface area contributed by atoms with Crippen LogP contribution in [-0.2, 0) is 20.7 Å². The lowest BCUT2D eigenvalue weighted by Gasteiger charge is -2.26. The third kappa shape index (κ3) is 6.18. The van der Waals surface area contributed by atoms with E-state index in [0.717, 1.165) is 42.6 Å². The zero-order valence-electron chi connectivity index (χ0n) is 20.5. The minimum atomic E-state index is -0.733. The average Bonchev–Trinajstić information content (AvgIpc) is 3.31. The van der Waals surface area contributed by atoms with Crippen molar-refractivity contribution in [2.75, 3.05) is 31.3 Å². The van der Waals surface area contributed by atoms with E-state index in [9.17, 15) is 14.7 Å². The highest BCUT2D eigenvalue weighted by atomic mass is 32.2. The lowest BCUT2D eigenvalue weighted by Crippen LogP contribution is -2.40. The summed E-state index contributed by atoms with van der Waals surface area (Å²) in [5, 5.41) is 15.9. The van der Waals surface area contributed by atoms with E-state index in [1.807, 2.05) is 42.2 Å². The summed E-state index contributed by atoms with van der Waals surface area (Å²) in [5.41, 5.74) is 4.09. The lowest BCUT2D eigenvalue weighted by atomic mass is 9.99. The molecule has 0 aliphatic carbocycles. The number of hydrogen-bond donors (Lipinski definition) is 3. The third-order valence-corrected chi connectivity index (χ3v) is 7.57. The van der Waals surface area contributed by atoms with Crippen molar-refractivity contribution in [2.45, 2.75) is 62.3 Å². The van der Waals surface area contributed by atoms with Crippen molar-refractivity contribution in [3.05, 3.63) is 59.2 Å². The number of thioether (sulfide) groups is 1. The predicted octanol–water partition coefficient (Wildman–Crippen LogP) is 4.03. The number of benzene rings is 2. The molecule has 35 heavy (non-hydrogen) atoms. The molecule has 0 spiro atoms. The van der Waals surface area contributed by atoms with Crippen LogP contribution in [0.4, 0.5) is 5.69 Å². The van der Waals surface area contributed by atoms with E-state index in [1.54, 1.807) is 11.8 Å². The smallest absolute Gasteiger partial charge is 0.242 e. The minimum Gasteiger partial charge on any atom is -0.371 e. The fraction of sp³-hybridized carbons (Fsp3) is 0.481. The van der Waals surface area contributed by atoms with Gasteiger partial charge in [0.2, 0.25) is 11.8 Å². The van der Waals surface area contributed by atoms with E-state index in [4.69, 9.17) is 4.74 Å². The number of aryl methyl sites for hydroxylation is 1. The number of ether oxygens (including phenoxy) is 1. The average molecular weight is 498 g/mol. The molecule has 2 heterocycles. The minimum absolute atomic E-state index is 0.0223. The van der Waals surface area contributed by atoms with Crippen molar-refractivity contribution in [1.82, 2.24) is 10.2 Å². The van der Waals surface area contributed by atoms with Crippen LogP contribution in [0.3, 0.4) is 0 Å². The Bertz CT molecular complexity index is 1050. The first-order valence-corrected chi connectivity index (χ1v) is 13.6. The first kappa shape index (κ1) is 25.5. The van der Waals surface area contributed by atoms with Crippen LogP contribution in [0.2, 0.25) is 0 Å². The number of anilines is 1. The van der Waals surface area contributed by atoms with Gasteiger partial charge in [0, 0.05) is 29.1 Å². The molecular weight excluding hydrogens is 462 g/mol. The van der Waals surface area contributed by atoms with Gasteiger partial charge in [-0.15, -0.1) is 11.8 Å². The van der Waals surface area contributed by atoms with Crippen LogP contribution in [-0.4, -0.2) is 54.0 Å². The lowest BCUT2D eigenvalue weighted by molar-refractivity contribution is -0.133. The number of aliphatic hydroxyl groups excluding tert-OH is 1. The van der Waals surface area contributed by atoms with Crippen molar-refractivity contribution in [1.29, 1.82) is 0 Å². The van der Waals surface area contributed by atoms with Gasteiger partial charge in [-0.25, -0.2) is 0 Å². The van der Waals surface area contributed by atoms with E-state index >= 15 is 0 Å². The summed E-state index contributed by atoms with van der Waals surface area (Å²) in [5.74, 6) is -0.167. The van der Waals surface area contributed by atoms with Crippen molar-refractivity contribution in [3.63, 3.8) is 0 Å². The number of nitrogens with one attached hydrogen (secondary N) is 2. The van der Waals surface area contributed by atoms with Crippen LogP contribution in [0.15, 0.2) is 47.4 Å². The standard InChI is InChI=1S/C27H35N3O4S/c1-3-23-20-15-18(10-12-21(20)29-26(32)17-34-23)11-13-25(31)28-16-27(33)30-14-6-8-22(30)19-7-4-5-9-24(19)35-2/h4-5,7,9-10,12,15,22-23,26,29,32H,3,6,8,11,13-14,16-17H2,1-2H3,(H,28,31)/t22-,23+,26-/m1/s1. The molecule has 0 radical (unpaired) electrons. The summed E-state index contributed by atoms with van der Waals surface area (Å²) in [6, 6.07) is 14.3. The van der Waals surface area contributed by atoms with Crippen molar-refractivity contribution in [2.24, 2.45) is 0 Å². The summed E-state index contributed by atoms with van der Waals surface area (Å²) >= 11 is 1.70. The zero-order valence-corrected chi connectivity index (χ0v) is 21.3. The molecule has 0 aromatic heterocycles. The molecule has 8 heteroatoms. The van der Waals surface area contributed by atoms with Crippen LogP contribution in [0.25, 0.3) is 0 Å². The second kappa shape index (κ2) is 11.9. The normalized spacial score (nSPS) is 21.7. The Morgan fingerprint density at radius 3 is 2.86 bits per heavy atom. The van der Waals surface area contributed by atoms with Gasteiger partial charge in [-0.1, -0.05) is 37.3 Å². The number of carbonyl (C=O) groups excluding carboxylic acids is 2. The molecule has 2 aromatic rings. The van der Waals surface area contributed by atoms with E-state index in [2.05, 4.69) is 29.0 Å². The van der Waals surface area contributed by atoms with Crippen LogP contribution >= 0.6 is 11.8 Å². The van der Waals surface area contributed by atoms with E-state index < -0.39 is 6.23 Å². The highest BCUT2D eigenvalue weighted by Crippen LogP contribution is 2.36. The second-order valence-electron chi connectivity index (χ2n) is 9.08. The van der Waals surface area contributed by atoms with Crippen LogP contribution < -0.4 is 10.6 Å². The van der Waals surface area contributed by atoms with Gasteiger partial charge < -0.3 is 25.4 Å². The van der Waals surface area contributed by atoms with E-state index in [1.165, 1.54) is 10.5 Å². The summed E-state index contributed by atoms with van der Waals surface area (Å²) in [6.07, 6.45) is 4.82. The summed E-state index contributed by atoms with van der Waals surface area (Å²) < 4.78 is 5.80. The number of amides is 2. The highest BCUT2D eigenvalue weighted by Gasteiger charge is 2.31. The number of likely N-dealkylation sites (tertiary alicyclic amines) is 1. The molecule has 3 atom stereocenters. The molecule has 7 nitrogen and oxygen atoms in total. The van der Waals surface area contributed by atoms with Gasteiger partial charge in [0.05, 0.1) is 25.3 Å². The molecule has 2 aromatic carbocycles. The Labute approximate surface area is 211 Å². The van der Waals surface area contributed by atoms with E-state index in [-0.39, 0.29) is 37.1 Å². The fourth-order valence-electron chi connectivity index (χ4n) is 4.97. The van der Waals surface area contributed by atoms with Crippen molar-refractivity contribution >= 4 is 29.3 Å². The maximum absolute atomic E-state index is 13.0. The Morgan fingerprint density at radius 1 is 1.23 bits per heavy atom. The number of fused-ring (bicyclic) bond motifs is 1.